The molecule has 40 heavy (non-hydrogen) atoms. The van der Waals surface area contributed by atoms with Crippen LogP contribution in [0.2, 0.25) is 0 Å². The van der Waals surface area contributed by atoms with Crippen LogP contribution in [-0.4, -0.2) is 55.5 Å². The minimum atomic E-state index is 0.623. The zero-order chi connectivity index (χ0) is 30.7. The van der Waals surface area contributed by atoms with Gasteiger partial charge < -0.3 is 22.8 Å². The molecule has 0 unspecified atom stereocenters. The zero-order valence-corrected chi connectivity index (χ0v) is 26.9. The van der Waals surface area contributed by atoms with Crippen molar-refractivity contribution in [1.82, 2.24) is 35.4 Å². The molecule has 0 N–H and O–H groups in total. The third kappa shape index (κ3) is 21.6. The van der Waals surface area contributed by atoms with Crippen molar-refractivity contribution in [2.45, 2.75) is 95.9 Å². The number of piperidine rings is 1. The smallest absolute Gasteiger partial charge is 0.223 e. The van der Waals surface area contributed by atoms with Gasteiger partial charge in [0.25, 0.3) is 0 Å². The van der Waals surface area contributed by atoms with Gasteiger partial charge in [-0.25, -0.2) is 4.98 Å². The van der Waals surface area contributed by atoms with Gasteiger partial charge in [-0.3, -0.25) is 0 Å². The summed E-state index contributed by atoms with van der Waals surface area (Å²) in [5, 5.41) is 14.4. The normalized spacial score (nSPS) is 12.8. The predicted octanol–water partition coefficient (Wildman–Crippen LogP) is 6.97. The molecule has 4 aromatic heterocycles. The summed E-state index contributed by atoms with van der Waals surface area (Å²) in [7, 11) is 2.20. The molecule has 1 aliphatic rings. The fourth-order valence-electron chi connectivity index (χ4n) is 2.90. The number of hydrogen-bond donors (Lipinski definition) is 0. The molecule has 0 aromatic carbocycles. The molecule has 5 heterocycles. The molecule has 4 aromatic rings. The Hall–Kier alpha value is -3.34. The maximum atomic E-state index is 4.86. The van der Waals surface area contributed by atoms with Gasteiger partial charge >= 0.3 is 0 Å². The lowest BCUT2D eigenvalue weighted by atomic mass is 10.00. The van der Waals surface area contributed by atoms with Crippen molar-refractivity contribution in [1.29, 1.82) is 0 Å². The van der Waals surface area contributed by atoms with Crippen molar-refractivity contribution in [3.05, 3.63) is 58.9 Å². The van der Waals surface area contributed by atoms with Crippen LogP contribution in [0.3, 0.4) is 0 Å². The predicted molar refractivity (Wildman–Crippen MR) is 156 cm³/mol. The van der Waals surface area contributed by atoms with E-state index in [1.54, 1.807) is 34.0 Å². The summed E-state index contributed by atoms with van der Waals surface area (Å²) in [5.74, 6) is 5.98. The molecule has 5 rings (SSSR count). The average Bonchev–Trinajstić information content (AvgIpc) is 3.63. The summed E-state index contributed by atoms with van der Waals surface area (Å²) in [6.07, 6.45) is 4.43. The fourth-order valence-corrected chi connectivity index (χ4v) is 2.90. The summed E-state index contributed by atoms with van der Waals surface area (Å²) in [6.45, 7) is 26.0. The summed E-state index contributed by atoms with van der Waals surface area (Å²) >= 11 is 0. The number of rotatable bonds is 0. The van der Waals surface area contributed by atoms with Crippen LogP contribution in [0, 0.1) is 67.2 Å². The number of hydrogen-bond acceptors (Lipinski definition) is 11. The van der Waals surface area contributed by atoms with E-state index in [0.717, 1.165) is 34.9 Å². The lowest BCUT2D eigenvalue weighted by Gasteiger charge is -2.26. The van der Waals surface area contributed by atoms with E-state index in [-0.39, 0.29) is 0 Å². The topological polar surface area (TPSA) is 133 Å². The summed E-state index contributed by atoms with van der Waals surface area (Å²) in [4.78, 5) is 10.2. The largest absolute Gasteiger partial charge is 0.449 e. The summed E-state index contributed by atoms with van der Waals surface area (Å²) in [5.41, 5.74) is 1.88. The summed E-state index contributed by atoms with van der Waals surface area (Å²) in [6, 6.07) is 1.89. The molecule has 0 atom stereocenters. The standard InChI is InChI=1S/C7H15N.2C5H7NO.2C4H6N2O.C4H10/c1-7-3-5-8(2)6-4-7;1-4-3-7-5(2)6-4;1-4-3-5(2)7-6-4;1-3-5-6-4(2)7-3;1-3-5-4(2)7-6-3;1-4(2)3/h7H,3-6H2,1-2H3;2*3H,1-2H3;2*1-2H3;4H,1-3H3. The third-order valence-corrected chi connectivity index (χ3v) is 4.74. The molecule has 1 saturated heterocycles. The van der Waals surface area contributed by atoms with Crippen LogP contribution in [-0.2, 0) is 0 Å². The van der Waals surface area contributed by atoms with Crippen LogP contribution in [0.25, 0.3) is 0 Å². The Labute approximate surface area is 240 Å². The van der Waals surface area contributed by atoms with Crippen molar-refractivity contribution in [2.75, 3.05) is 20.1 Å². The van der Waals surface area contributed by atoms with Gasteiger partial charge in [-0.1, -0.05) is 38.0 Å². The first-order valence-electron chi connectivity index (χ1n) is 13.7. The second kappa shape index (κ2) is 20.5. The van der Waals surface area contributed by atoms with Gasteiger partial charge in [-0.05, 0) is 72.5 Å². The Morgan fingerprint density at radius 3 is 1.48 bits per heavy atom. The maximum absolute atomic E-state index is 4.86. The van der Waals surface area contributed by atoms with E-state index >= 15 is 0 Å². The van der Waals surface area contributed by atoms with Crippen LogP contribution in [0.5, 0.6) is 0 Å². The molecule has 0 spiro atoms. The van der Waals surface area contributed by atoms with Crippen molar-refractivity contribution in [3.8, 4) is 0 Å². The highest BCUT2D eigenvalue weighted by Gasteiger charge is 2.10. The fraction of sp³-hybridized carbons (Fsp3) is 0.655. The van der Waals surface area contributed by atoms with E-state index in [2.05, 4.69) is 74.6 Å². The SMILES string of the molecule is CC(C)C.CC1CCN(C)CC1.Cc1cc(C)on1.Cc1coc(C)n1.Cc1nnc(C)o1.Cc1noc(C)n1. The molecule has 1 aliphatic heterocycles. The highest BCUT2D eigenvalue weighted by molar-refractivity contribution is 4.99. The Kier molecular flexibility index (Phi) is 18.8. The number of likely N-dealkylation sites (tertiary alicyclic amines) is 1. The number of aromatic nitrogens is 6. The Morgan fingerprint density at radius 2 is 1.30 bits per heavy atom. The Morgan fingerprint density at radius 1 is 0.750 bits per heavy atom. The van der Waals surface area contributed by atoms with Crippen LogP contribution >= 0.6 is 0 Å². The minimum absolute atomic E-state index is 0.623. The average molecular weight is 562 g/mol. The van der Waals surface area contributed by atoms with Gasteiger partial charge in [0.15, 0.2) is 11.7 Å². The van der Waals surface area contributed by atoms with Crippen LogP contribution in [0.15, 0.2) is 30.2 Å². The molecule has 0 aliphatic carbocycles. The van der Waals surface area contributed by atoms with Gasteiger partial charge in [0.1, 0.15) is 12.0 Å². The number of aryl methyl sites for hydroxylation is 8. The second-order valence-electron chi connectivity index (χ2n) is 10.5. The molecule has 0 bridgehead atoms. The first kappa shape index (κ1) is 36.7. The molecule has 1 fully saturated rings. The van der Waals surface area contributed by atoms with Gasteiger partial charge in [-0.2, -0.15) is 4.98 Å². The molecule has 11 heteroatoms. The minimum Gasteiger partial charge on any atom is -0.449 e. The zero-order valence-electron chi connectivity index (χ0n) is 26.9. The molecule has 0 saturated carbocycles. The Balaban J connectivity index is 0.000000461. The first-order valence-corrected chi connectivity index (χ1v) is 13.7. The Bertz CT molecular complexity index is 907. The quantitative estimate of drug-likeness (QED) is 0.220. The van der Waals surface area contributed by atoms with E-state index in [9.17, 15) is 0 Å². The third-order valence-electron chi connectivity index (χ3n) is 4.74. The molecule has 226 valence electrons. The van der Waals surface area contributed by atoms with E-state index < -0.39 is 0 Å². The van der Waals surface area contributed by atoms with Crippen molar-refractivity contribution in [3.63, 3.8) is 0 Å². The van der Waals surface area contributed by atoms with E-state index in [1.807, 2.05) is 33.8 Å². The van der Waals surface area contributed by atoms with Crippen molar-refractivity contribution in [2.24, 2.45) is 11.8 Å². The van der Waals surface area contributed by atoms with Gasteiger partial charge in [-0.15, -0.1) is 10.2 Å². The molecular formula is C29H51N7O4. The van der Waals surface area contributed by atoms with Crippen LogP contribution in [0.1, 0.15) is 87.1 Å². The van der Waals surface area contributed by atoms with Crippen LogP contribution < -0.4 is 0 Å². The monoisotopic (exact) mass is 561 g/mol. The van der Waals surface area contributed by atoms with E-state index in [4.69, 9.17) is 13.4 Å². The van der Waals surface area contributed by atoms with Gasteiger partial charge in [0.05, 0.1) is 11.4 Å². The highest BCUT2D eigenvalue weighted by Crippen LogP contribution is 2.13. The first-order chi connectivity index (χ1) is 18.7. The van der Waals surface area contributed by atoms with Gasteiger partial charge in [0.2, 0.25) is 17.7 Å². The summed E-state index contributed by atoms with van der Waals surface area (Å²) < 4.78 is 19.0. The number of oxazole rings is 1. The molecule has 11 nitrogen and oxygen atoms in total. The molecule has 0 radical (unpaired) electrons. The molecular weight excluding hydrogens is 510 g/mol. The lowest BCUT2D eigenvalue weighted by molar-refractivity contribution is 0.230. The highest BCUT2D eigenvalue weighted by atomic mass is 16.5. The van der Waals surface area contributed by atoms with E-state index in [0.29, 0.717) is 23.5 Å². The second-order valence-corrected chi connectivity index (χ2v) is 10.5. The van der Waals surface area contributed by atoms with Crippen molar-refractivity contribution < 1.29 is 17.9 Å². The lowest BCUT2D eigenvalue weighted by Crippen LogP contribution is -2.28. The number of nitrogens with zero attached hydrogens (tertiary/aromatic N) is 7. The van der Waals surface area contributed by atoms with E-state index in [1.165, 1.54) is 25.9 Å². The van der Waals surface area contributed by atoms with Crippen molar-refractivity contribution >= 4 is 0 Å². The maximum Gasteiger partial charge on any atom is 0.223 e. The van der Waals surface area contributed by atoms with Crippen LogP contribution in [0.4, 0.5) is 0 Å². The molecule has 0 amide bonds. The van der Waals surface area contributed by atoms with Gasteiger partial charge in [0, 0.05) is 33.8 Å².